The second-order valence-corrected chi connectivity index (χ2v) is 8.36. The fourth-order valence-corrected chi connectivity index (χ4v) is 5.81. The molecule has 3 nitrogen and oxygen atoms in total. The standard InChI is InChI=1S/C19H26N2OS/c1-22-17-4-2-16(3-5-17)21-18(23)20-12-19-9-13-6-14(10-19)8-15(7-13)11-19/h2-5,13-15H,6-12H2,1H3,(H2,20,21,23). The summed E-state index contributed by atoms with van der Waals surface area (Å²) in [6.07, 6.45) is 8.72. The zero-order chi connectivity index (χ0) is 15.9. The summed E-state index contributed by atoms with van der Waals surface area (Å²) in [7, 11) is 1.68. The Morgan fingerprint density at radius 1 is 1.09 bits per heavy atom. The molecule has 4 aliphatic carbocycles. The van der Waals surface area contributed by atoms with E-state index >= 15 is 0 Å². The van der Waals surface area contributed by atoms with Crippen LogP contribution in [0.15, 0.2) is 24.3 Å². The Morgan fingerprint density at radius 2 is 1.65 bits per heavy atom. The van der Waals surface area contributed by atoms with Gasteiger partial charge in [-0.3, -0.25) is 0 Å². The summed E-state index contributed by atoms with van der Waals surface area (Å²) in [5.74, 6) is 3.84. The van der Waals surface area contributed by atoms with Gasteiger partial charge >= 0.3 is 0 Å². The highest BCUT2D eigenvalue weighted by Gasteiger charge is 2.50. The lowest BCUT2D eigenvalue weighted by Gasteiger charge is -2.57. The molecular formula is C19H26N2OS. The molecular weight excluding hydrogens is 304 g/mol. The minimum atomic E-state index is 0.514. The molecule has 124 valence electrons. The van der Waals surface area contributed by atoms with Crippen LogP contribution in [-0.4, -0.2) is 18.8 Å². The molecule has 0 saturated heterocycles. The van der Waals surface area contributed by atoms with Gasteiger partial charge in [-0.2, -0.15) is 0 Å². The Morgan fingerprint density at radius 3 is 2.17 bits per heavy atom. The van der Waals surface area contributed by atoms with Crippen molar-refractivity contribution in [3.8, 4) is 5.75 Å². The SMILES string of the molecule is COc1ccc(NC(=S)NCC23CC4CC(CC(C4)C2)C3)cc1. The maximum absolute atomic E-state index is 5.50. The van der Waals surface area contributed by atoms with Gasteiger partial charge in [0.25, 0.3) is 0 Å². The van der Waals surface area contributed by atoms with Gasteiger partial charge in [0, 0.05) is 12.2 Å². The summed E-state index contributed by atoms with van der Waals surface area (Å²) in [6, 6.07) is 7.89. The molecule has 4 bridgehead atoms. The highest BCUT2D eigenvalue weighted by Crippen LogP contribution is 2.59. The van der Waals surface area contributed by atoms with E-state index in [1.807, 2.05) is 24.3 Å². The summed E-state index contributed by atoms with van der Waals surface area (Å²) < 4.78 is 5.18. The molecule has 4 heteroatoms. The molecule has 1 aromatic carbocycles. The van der Waals surface area contributed by atoms with Crippen molar-refractivity contribution >= 4 is 23.0 Å². The van der Waals surface area contributed by atoms with E-state index < -0.39 is 0 Å². The van der Waals surface area contributed by atoms with E-state index in [1.54, 1.807) is 7.11 Å². The van der Waals surface area contributed by atoms with Crippen LogP contribution >= 0.6 is 12.2 Å². The predicted octanol–water partition coefficient (Wildman–Crippen LogP) is 4.20. The van der Waals surface area contributed by atoms with Crippen LogP contribution in [0.5, 0.6) is 5.75 Å². The molecule has 2 N–H and O–H groups in total. The third-order valence-corrected chi connectivity index (χ3v) is 6.38. The van der Waals surface area contributed by atoms with E-state index in [-0.39, 0.29) is 0 Å². The molecule has 0 amide bonds. The lowest BCUT2D eigenvalue weighted by molar-refractivity contribution is -0.0490. The number of rotatable bonds is 4. The number of benzene rings is 1. The summed E-state index contributed by atoms with van der Waals surface area (Å²) >= 11 is 5.50. The number of ether oxygens (including phenoxy) is 1. The van der Waals surface area contributed by atoms with Crippen molar-refractivity contribution in [2.45, 2.75) is 38.5 Å². The normalized spacial score (nSPS) is 34.2. The highest BCUT2D eigenvalue weighted by molar-refractivity contribution is 7.80. The monoisotopic (exact) mass is 330 g/mol. The fourth-order valence-electron chi connectivity index (χ4n) is 5.62. The predicted molar refractivity (Wildman–Crippen MR) is 97.8 cm³/mol. The van der Waals surface area contributed by atoms with E-state index in [4.69, 9.17) is 17.0 Å². The van der Waals surface area contributed by atoms with Crippen LogP contribution < -0.4 is 15.4 Å². The number of thiocarbonyl (C=S) groups is 1. The molecule has 0 heterocycles. The van der Waals surface area contributed by atoms with Gasteiger partial charge in [0.2, 0.25) is 0 Å². The van der Waals surface area contributed by atoms with Crippen molar-refractivity contribution in [3.63, 3.8) is 0 Å². The minimum Gasteiger partial charge on any atom is -0.497 e. The summed E-state index contributed by atoms with van der Waals surface area (Å²) in [6.45, 7) is 1.04. The number of anilines is 1. The van der Waals surface area contributed by atoms with Crippen molar-refractivity contribution in [3.05, 3.63) is 24.3 Å². The Labute approximate surface area is 144 Å². The van der Waals surface area contributed by atoms with Crippen molar-refractivity contribution in [2.75, 3.05) is 19.0 Å². The maximum atomic E-state index is 5.50. The van der Waals surface area contributed by atoms with Gasteiger partial charge in [0.15, 0.2) is 5.11 Å². The van der Waals surface area contributed by atoms with E-state index in [9.17, 15) is 0 Å². The van der Waals surface area contributed by atoms with E-state index in [1.165, 1.54) is 38.5 Å². The number of hydrogen-bond donors (Lipinski definition) is 2. The fraction of sp³-hybridized carbons (Fsp3) is 0.632. The molecule has 4 saturated carbocycles. The Hall–Kier alpha value is -1.29. The van der Waals surface area contributed by atoms with Crippen LogP contribution in [0.25, 0.3) is 0 Å². The van der Waals surface area contributed by atoms with Gasteiger partial charge in [0.05, 0.1) is 7.11 Å². The van der Waals surface area contributed by atoms with Crippen molar-refractivity contribution in [2.24, 2.45) is 23.2 Å². The molecule has 0 aromatic heterocycles. The average Bonchev–Trinajstić information content (AvgIpc) is 2.53. The van der Waals surface area contributed by atoms with Crippen LogP contribution in [0, 0.1) is 23.2 Å². The molecule has 4 fully saturated rings. The molecule has 0 spiro atoms. The zero-order valence-electron chi connectivity index (χ0n) is 13.8. The Kier molecular flexibility index (Phi) is 3.96. The second-order valence-electron chi connectivity index (χ2n) is 7.95. The topological polar surface area (TPSA) is 33.3 Å². The van der Waals surface area contributed by atoms with Crippen LogP contribution in [0.3, 0.4) is 0 Å². The first-order chi connectivity index (χ1) is 11.1. The Bertz CT molecular complexity index is 548. The van der Waals surface area contributed by atoms with Crippen molar-refractivity contribution in [1.82, 2.24) is 5.32 Å². The first-order valence-corrected chi connectivity index (χ1v) is 9.24. The highest BCUT2D eigenvalue weighted by atomic mass is 32.1. The second kappa shape index (κ2) is 5.97. The minimum absolute atomic E-state index is 0.514. The zero-order valence-corrected chi connectivity index (χ0v) is 14.6. The summed E-state index contributed by atoms with van der Waals surface area (Å²) in [5.41, 5.74) is 1.52. The molecule has 1 aromatic rings. The first-order valence-electron chi connectivity index (χ1n) is 8.83. The largest absolute Gasteiger partial charge is 0.497 e. The Balaban J connectivity index is 1.32. The van der Waals surface area contributed by atoms with E-state index in [0.717, 1.165) is 40.8 Å². The molecule has 5 rings (SSSR count). The van der Waals surface area contributed by atoms with Gasteiger partial charge in [-0.1, -0.05) is 0 Å². The van der Waals surface area contributed by atoms with E-state index in [0.29, 0.717) is 5.41 Å². The molecule has 4 aliphatic rings. The van der Waals surface area contributed by atoms with Crippen LogP contribution in [-0.2, 0) is 0 Å². The third-order valence-electron chi connectivity index (χ3n) is 6.14. The molecule has 23 heavy (non-hydrogen) atoms. The average molecular weight is 330 g/mol. The maximum Gasteiger partial charge on any atom is 0.170 e. The first kappa shape index (κ1) is 15.3. The van der Waals surface area contributed by atoms with Crippen LogP contribution in [0.2, 0.25) is 0 Å². The van der Waals surface area contributed by atoms with Gasteiger partial charge < -0.3 is 15.4 Å². The van der Waals surface area contributed by atoms with Gasteiger partial charge in [-0.05, 0) is 98.2 Å². The van der Waals surface area contributed by atoms with Gasteiger partial charge in [0.1, 0.15) is 5.75 Å². The summed E-state index contributed by atoms with van der Waals surface area (Å²) in [4.78, 5) is 0. The lowest BCUT2D eigenvalue weighted by Crippen LogP contribution is -2.51. The molecule has 0 unspecified atom stereocenters. The quantitative estimate of drug-likeness (QED) is 0.811. The number of nitrogens with one attached hydrogen (secondary N) is 2. The molecule has 0 aliphatic heterocycles. The smallest absolute Gasteiger partial charge is 0.170 e. The summed E-state index contributed by atoms with van der Waals surface area (Å²) in [5, 5.41) is 7.54. The number of hydrogen-bond acceptors (Lipinski definition) is 2. The molecule has 0 radical (unpaired) electrons. The van der Waals surface area contributed by atoms with E-state index in [2.05, 4.69) is 10.6 Å². The van der Waals surface area contributed by atoms with Crippen molar-refractivity contribution in [1.29, 1.82) is 0 Å². The molecule has 0 atom stereocenters. The third kappa shape index (κ3) is 3.18. The van der Waals surface area contributed by atoms with Crippen LogP contribution in [0.4, 0.5) is 5.69 Å². The lowest BCUT2D eigenvalue weighted by atomic mass is 9.49. The number of methoxy groups -OCH3 is 1. The van der Waals surface area contributed by atoms with Crippen molar-refractivity contribution < 1.29 is 4.74 Å². The van der Waals surface area contributed by atoms with Gasteiger partial charge in [-0.15, -0.1) is 0 Å². The van der Waals surface area contributed by atoms with Crippen LogP contribution in [0.1, 0.15) is 38.5 Å². The van der Waals surface area contributed by atoms with Gasteiger partial charge in [-0.25, -0.2) is 0 Å².